The molecule has 4 N–H and O–H groups in total. The molecule has 0 rings (SSSR count). The van der Waals surface area contributed by atoms with Gasteiger partial charge in [0.25, 0.3) is 0 Å². The summed E-state index contributed by atoms with van der Waals surface area (Å²) >= 11 is 0. The summed E-state index contributed by atoms with van der Waals surface area (Å²) in [7, 11) is 0. The van der Waals surface area contributed by atoms with Crippen LogP contribution in [0.4, 0.5) is 0 Å². The molecule has 0 radical (unpaired) electrons. The third kappa shape index (κ3) is 45.7. The Balaban J connectivity index is 0. The molecular weight excluding hydrogens is 160 g/mol. The molecule has 0 spiro atoms. The van der Waals surface area contributed by atoms with E-state index in [0.29, 0.717) is 0 Å². The summed E-state index contributed by atoms with van der Waals surface area (Å²) in [5.41, 5.74) is 0. The van der Waals surface area contributed by atoms with Crippen molar-refractivity contribution in [2.75, 3.05) is 0 Å². The van der Waals surface area contributed by atoms with E-state index < -0.39 is 0 Å². The summed E-state index contributed by atoms with van der Waals surface area (Å²) < 4.78 is 0. The van der Waals surface area contributed by atoms with E-state index in [0.717, 1.165) is 0 Å². The first-order chi connectivity index (χ1) is 0. The van der Waals surface area contributed by atoms with Gasteiger partial charge in [0, 0.05) is 0 Å². The zero-order chi connectivity index (χ0) is 0. The summed E-state index contributed by atoms with van der Waals surface area (Å²) in [6.07, 6.45) is 0. The number of hydrogen-bond donors (Lipinski definition) is 0. The molecule has 0 saturated carbocycles. The van der Waals surface area contributed by atoms with Gasteiger partial charge in [0.1, 0.15) is 0 Å². The first-order valence-electron chi connectivity index (χ1n) is 0. The number of hydrogen-bond acceptors (Lipinski definition) is 4. The molecule has 0 saturated heterocycles. The molecule has 0 aliphatic heterocycles. The van der Waals surface area contributed by atoms with E-state index in [1.165, 1.54) is 0 Å². The smallest absolute Gasteiger partial charge is 0.870 e. The van der Waals surface area contributed by atoms with Gasteiger partial charge >= 0.3 is 54.8 Å². The molecule has 0 aliphatic carbocycles. The maximum atomic E-state index is 0. The van der Waals surface area contributed by atoms with E-state index >= 15 is 0 Å². The van der Waals surface area contributed by atoms with Crippen molar-refractivity contribution < 1.29 is 39.0 Å². The molecule has 0 heterocycles. The van der Waals surface area contributed by atoms with E-state index in [1.807, 2.05) is 0 Å². The van der Waals surface area contributed by atoms with E-state index in [-0.39, 0.29) is 76.7 Å². The molecule has 6 heavy (non-hydrogen) atoms. The fourth-order valence-corrected chi connectivity index (χ4v) is 0. The van der Waals surface area contributed by atoms with Gasteiger partial charge in [-0.05, 0) is 0 Å². The Morgan fingerprint density at radius 2 is 0.500 bits per heavy atom. The van der Waals surface area contributed by atoms with Crippen molar-refractivity contribution in [3.8, 4) is 0 Å². The average Bonchev–Trinajstić information content (AvgIpc) is 0. The summed E-state index contributed by atoms with van der Waals surface area (Å²) in [6.45, 7) is 0. The molecule has 0 aromatic heterocycles. The second kappa shape index (κ2) is 79.7. The molecule has 0 bridgehead atoms. The summed E-state index contributed by atoms with van der Waals surface area (Å²) in [5.74, 6) is 0. The number of rotatable bonds is 0. The van der Waals surface area contributed by atoms with Crippen molar-refractivity contribution in [2.45, 2.75) is 0 Å². The third-order valence-corrected chi connectivity index (χ3v) is 0. The molecule has 0 aromatic carbocycles. The van der Waals surface area contributed by atoms with Crippen LogP contribution in [0, 0.1) is 0 Å². The van der Waals surface area contributed by atoms with Crippen LogP contribution in [0.15, 0.2) is 0 Å². The Bertz CT molecular complexity index is 7.51. The standard InChI is InChI=1S/Ca.Fe.4H2O/h;;4*1H2/q2*+2;;;;/p-4. The topological polar surface area (TPSA) is 120 Å². The molecule has 6 heteroatoms. The first kappa shape index (κ1) is 127. The summed E-state index contributed by atoms with van der Waals surface area (Å²) in [5, 5.41) is 0. The Morgan fingerprint density at radius 1 is 0.500 bits per heavy atom. The van der Waals surface area contributed by atoms with Crippen LogP contribution in [0.1, 0.15) is 0 Å². The Hall–Kier alpha value is 1.62. The van der Waals surface area contributed by atoms with Crippen LogP contribution < -0.4 is 0 Å². The van der Waals surface area contributed by atoms with Crippen LogP contribution >= 0.6 is 0 Å². The van der Waals surface area contributed by atoms with Gasteiger partial charge in [-0.1, -0.05) is 0 Å². The van der Waals surface area contributed by atoms with Crippen LogP contribution in [0.25, 0.3) is 0 Å². The van der Waals surface area contributed by atoms with Crippen molar-refractivity contribution >= 4 is 37.7 Å². The third-order valence-electron chi connectivity index (χ3n) is 0. The SMILES string of the molecule is [Ca+2].[Fe+2].[OH-].[OH-].[OH-].[OH-]. The normalized spacial score (nSPS) is 0. The Kier molecular flexibility index (Phi) is 1690. The second-order valence-corrected chi connectivity index (χ2v) is 0. The predicted octanol–water partition coefficient (Wildman–Crippen LogP) is -1.09. The molecular formula is H4CaFeO4. The summed E-state index contributed by atoms with van der Waals surface area (Å²) in [4.78, 5) is 0. The van der Waals surface area contributed by atoms with Crippen molar-refractivity contribution in [3.63, 3.8) is 0 Å². The van der Waals surface area contributed by atoms with Crippen molar-refractivity contribution in [2.24, 2.45) is 0 Å². The molecule has 0 aliphatic rings. The molecule has 0 fully saturated rings. The monoisotopic (exact) mass is 164 g/mol. The minimum Gasteiger partial charge on any atom is -0.870 e. The fourth-order valence-electron chi connectivity index (χ4n) is 0. The molecule has 0 atom stereocenters. The van der Waals surface area contributed by atoms with E-state index in [9.17, 15) is 0 Å². The van der Waals surface area contributed by atoms with Crippen LogP contribution in [0.5, 0.6) is 0 Å². The largest absolute Gasteiger partial charge is 2.00 e. The van der Waals surface area contributed by atoms with Crippen LogP contribution in [0.2, 0.25) is 0 Å². The van der Waals surface area contributed by atoms with E-state index in [2.05, 4.69) is 0 Å². The van der Waals surface area contributed by atoms with Gasteiger partial charge in [0.15, 0.2) is 0 Å². The minimum atomic E-state index is 0. The van der Waals surface area contributed by atoms with Gasteiger partial charge < -0.3 is 21.9 Å². The molecule has 38 valence electrons. The Morgan fingerprint density at radius 3 is 0.500 bits per heavy atom. The van der Waals surface area contributed by atoms with Gasteiger partial charge in [0.2, 0.25) is 0 Å². The van der Waals surface area contributed by atoms with Crippen molar-refractivity contribution in [3.05, 3.63) is 0 Å². The minimum absolute atomic E-state index is 0. The maximum Gasteiger partial charge on any atom is 2.00 e. The fraction of sp³-hybridized carbons (Fsp3) is 0. The average molecular weight is 164 g/mol. The molecule has 4 nitrogen and oxygen atoms in total. The molecule has 0 amide bonds. The van der Waals surface area contributed by atoms with Gasteiger partial charge in [-0.15, -0.1) is 0 Å². The quantitative estimate of drug-likeness (QED) is 0.422. The zero-order valence-corrected chi connectivity index (χ0v) is 6.16. The second-order valence-electron chi connectivity index (χ2n) is 0. The van der Waals surface area contributed by atoms with Crippen LogP contribution in [-0.4, -0.2) is 59.6 Å². The van der Waals surface area contributed by atoms with Crippen molar-refractivity contribution in [1.29, 1.82) is 0 Å². The van der Waals surface area contributed by atoms with Crippen LogP contribution in [-0.2, 0) is 17.1 Å². The first-order valence-corrected chi connectivity index (χ1v) is 0. The van der Waals surface area contributed by atoms with Gasteiger partial charge in [0.05, 0.1) is 0 Å². The molecule has 0 aromatic rings. The van der Waals surface area contributed by atoms with E-state index in [1.54, 1.807) is 0 Å². The van der Waals surface area contributed by atoms with Gasteiger partial charge in [-0.25, -0.2) is 0 Å². The van der Waals surface area contributed by atoms with Gasteiger partial charge in [-0.2, -0.15) is 0 Å². The maximum absolute atomic E-state index is 0. The van der Waals surface area contributed by atoms with Crippen LogP contribution in [0.3, 0.4) is 0 Å². The Labute approximate surface area is 76.0 Å². The zero-order valence-electron chi connectivity index (χ0n) is 2.85. The summed E-state index contributed by atoms with van der Waals surface area (Å²) in [6, 6.07) is 0. The van der Waals surface area contributed by atoms with Crippen molar-refractivity contribution in [1.82, 2.24) is 0 Å². The predicted molar refractivity (Wildman–Crippen MR) is 13.5 cm³/mol. The molecule has 0 unspecified atom stereocenters. The van der Waals surface area contributed by atoms with E-state index in [4.69, 9.17) is 0 Å². The van der Waals surface area contributed by atoms with Gasteiger partial charge in [-0.3, -0.25) is 0 Å².